The van der Waals surface area contributed by atoms with Gasteiger partial charge >= 0.3 is 0 Å². The normalized spacial score (nSPS) is 17.0. The number of nitrogens with zero attached hydrogens (tertiary/aromatic N) is 3. The zero-order chi connectivity index (χ0) is 26.4. The van der Waals surface area contributed by atoms with Crippen LogP contribution >= 0.6 is 0 Å². The quantitative estimate of drug-likeness (QED) is 0.453. The third-order valence-electron chi connectivity index (χ3n) is 6.84. The molecule has 1 aromatic carbocycles. The van der Waals surface area contributed by atoms with E-state index in [2.05, 4.69) is 14.8 Å². The van der Waals surface area contributed by atoms with Crippen LogP contribution in [-0.2, 0) is 36.3 Å². The Labute approximate surface area is 215 Å². The van der Waals surface area contributed by atoms with Crippen LogP contribution in [0.1, 0.15) is 55.5 Å². The number of amides is 1. The summed E-state index contributed by atoms with van der Waals surface area (Å²) in [7, 11) is -2.72. The highest BCUT2D eigenvalue weighted by atomic mass is 32.2. The summed E-state index contributed by atoms with van der Waals surface area (Å²) < 4.78 is 55.8. The number of hydrogen-bond donors (Lipinski definition) is 1. The van der Waals surface area contributed by atoms with E-state index in [1.54, 1.807) is 36.3 Å². The van der Waals surface area contributed by atoms with Gasteiger partial charge in [0, 0.05) is 31.1 Å². The maximum atomic E-state index is 14.5. The smallest absolute Gasteiger partial charge is 0.283 e. The van der Waals surface area contributed by atoms with Gasteiger partial charge in [0.15, 0.2) is 10.6 Å². The van der Waals surface area contributed by atoms with Crippen LogP contribution in [0.25, 0.3) is 11.1 Å². The molecule has 0 bridgehead atoms. The molecule has 2 aliphatic rings. The summed E-state index contributed by atoms with van der Waals surface area (Å²) >= 11 is 0. The average molecular weight is 529 g/mol. The third kappa shape index (κ3) is 4.90. The van der Waals surface area contributed by atoms with Crippen LogP contribution in [0.15, 0.2) is 47.8 Å². The molecule has 1 amide bonds. The van der Waals surface area contributed by atoms with Gasteiger partial charge < -0.3 is 9.47 Å². The molecule has 1 saturated carbocycles. The molecule has 11 heteroatoms. The Morgan fingerprint density at radius 1 is 1.30 bits per heavy atom. The fourth-order valence-corrected chi connectivity index (χ4v) is 5.59. The van der Waals surface area contributed by atoms with Crippen LogP contribution in [-0.4, -0.2) is 49.4 Å². The Morgan fingerprint density at radius 2 is 2.05 bits per heavy atom. The molecule has 3 aromatic rings. The predicted octanol–water partition coefficient (Wildman–Crippen LogP) is 3.46. The lowest BCUT2D eigenvalue weighted by Gasteiger charge is -2.40. The predicted molar refractivity (Wildman–Crippen MR) is 133 cm³/mol. The minimum absolute atomic E-state index is 0.0946. The van der Waals surface area contributed by atoms with Gasteiger partial charge in [0.1, 0.15) is 5.82 Å². The molecular formula is C26H29FN4O5S. The highest BCUT2D eigenvalue weighted by Gasteiger charge is 2.46. The molecule has 1 saturated heterocycles. The van der Waals surface area contributed by atoms with Crippen LogP contribution in [0.5, 0.6) is 0 Å². The maximum Gasteiger partial charge on any atom is 0.283 e. The molecule has 0 spiro atoms. The van der Waals surface area contributed by atoms with Gasteiger partial charge in [-0.25, -0.2) is 9.11 Å². The zero-order valence-electron chi connectivity index (χ0n) is 20.9. The molecule has 0 atom stereocenters. The summed E-state index contributed by atoms with van der Waals surface area (Å²) in [5, 5.41) is 4.09. The topological polar surface area (TPSA) is 112 Å². The number of rotatable bonds is 9. The van der Waals surface area contributed by atoms with E-state index >= 15 is 0 Å². The summed E-state index contributed by atoms with van der Waals surface area (Å²) in [5.74, 6) is -1.28. The second kappa shape index (κ2) is 9.62. The number of aromatic nitrogens is 3. The molecule has 5 rings (SSSR count). The first-order valence-corrected chi connectivity index (χ1v) is 13.6. The van der Waals surface area contributed by atoms with E-state index in [1.165, 1.54) is 18.2 Å². The number of halogens is 1. The van der Waals surface area contributed by atoms with Gasteiger partial charge in [-0.05, 0) is 53.6 Å². The summed E-state index contributed by atoms with van der Waals surface area (Å²) in [5.41, 5.74) is 2.17. The Morgan fingerprint density at radius 3 is 2.62 bits per heavy atom. The first-order chi connectivity index (χ1) is 17.6. The average Bonchev–Trinajstić information content (AvgIpc) is 3.58. The van der Waals surface area contributed by atoms with E-state index in [-0.39, 0.29) is 23.4 Å². The highest BCUT2D eigenvalue weighted by molar-refractivity contribution is 7.90. The van der Waals surface area contributed by atoms with E-state index in [1.807, 2.05) is 13.8 Å². The molecule has 196 valence electrons. The van der Waals surface area contributed by atoms with Crippen molar-refractivity contribution in [2.75, 3.05) is 20.3 Å². The molecule has 2 aromatic heterocycles. The molecule has 1 N–H and O–H groups in total. The molecular weight excluding hydrogens is 499 g/mol. The Bertz CT molecular complexity index is 1430. The van der Waals surface area contributed by atoms with Crippen molar-refractivity contribution in [1.29, 1.82) is 0 Å². The number of nitrogens with one attached hydrogen (secondary N) is 1. The largest absolute Gasteiger partial charge is 0.374 e. The van der Waals surface area contributed by atoms with E-state index in [0.717, 1.165) is 12.8 Å². The van der Waals surface area contributed by atoms with Gasteiger partial charge in [-0.3, -0.25) is 14.5 Å². The summed E-state index contributed by atoms with van der Waals surface area (Å²) in [6, 6.07) is 7.77. The standard InChI is InChI=1S/C26H29FN4O5S/c1-16(2)20-9-18(27)10-21(17-5-4-8-28-13-17)22(20)11-24(32)30-37(33,34)25-12-23(26(35-3)14-36-15-26)31(29-25)19-6-7-19/h4-5,8-10,12-13,16,19H,6-7,11,14-15H2,1-3H3,(H,30,32). The maximum absolute atomic E-state index is 14.5. The van der Waals surface area contributed by atoms with Gasteiger partial charge in [-0.1, -0.05) is 19.9 Å². The van der Waals surface area contributed by atoms with Crippen LogP contribution in [0.4, 0.5) is 4.39 Å². The second-order valence-electron chi connectivity index (χ2n) is 9.86. The van der Waals surface area contributed by atoms with Crippen molar-refractivity contribution >= 4 is 15.9 Å². The second-order valence-corrected chi connectivity index (χ2v) is 11.5. The highest BCUT2D eigenvalue weighted by Crippen LogP contribution is 2.42. The van der Waals surface area contributed by atoms with Gasteiger partial charge in [0.25, 0.3) is 10.0 Å². The van der Waals surface area contributed by atoms with Gasteiger partial charge in [0.05, 0.1) is 31.4 Å². The lowest BCUT2D eigenvalue weighted by Crippen LogP contribution is -2.49. The molecule has 3 heterocycles. The number of hydrogen-bond acceptors (Lipinski definition) is 7. The summed E-state index contributed by atoms with van der Waals surface area (Å²) in [4.78, 5) is 17.2. The monoisotopic (exact) mass is 528 g/mol. The number of sulfonamides is 1. The minimum Gasteiger partial charge on any atom is -0.374 e. The number of benzene rings is 1. The van der Waals surface area contributed by atoms with E-state index in [0.29, 0.717) is 41.2 Å². The lowest BCUT2D eigenvalue weighted by atomic mass is 9.88. The fourth-order valence-electron chi connectivity index (χ4n) is 4.65. The van der Waals surface area contributed by atoms with Crippen LogP contribution < -0.4 is 4.72 Å². The van der Waals surface area contributed by atoms with Gasteiger partial charge in [-0.2, -0.15) is 13.5 Å². The lowest BCUT2D eigenvalue weighted by molar-refractivity contribution is -0.206. The van der Waals surface area contributed by atoms with Gasteiger partial charge in [-0.15, -0.1) is 0 Å². The molecule has 37 heavy (non-hydrogen) atoms. The number of carbonyl (C=O) groups excluding carboxylic acids is 1. The van der Waals surface area contributed by atoms with Crippen molar-refractivity contribution in [3.63, 3.8) is 0 Å². The van der Waals surface area contributed by atoms with Crippen LogP contribution in [0.3, 0.4) is 0 Å². The first-order valence-electron chi connectivity index (χ1n) is 12.1. The SMILES string of the molecule is COC1(c2cc(S(=O)(=O)NC(=O)Cc3c(-c4cccnc4)cc(F)cc3C(C)C)nn2C2CC2)COC1. The first kappa shape index (κ1) is 25.5. The van der Waals surface area contributed by atoms with Crippen LogP contribution in [0.2, 0.25) is 0 Å². The molecule has 0 unspecified atom stereocenters. The van der Waals surface area contributed by atoms with Crippen molar-refractivity contribution in [3.05, 3.63) is 65.4 Å². The Balaban J connectivity index is 1.45. The van der Waals surface area contributed by atoms with Crippen molar-refractivity contribution in [2.45, 2.75) is 55.7 Å². The number of methoxy groups -OCH3 is 1. The summed E-state index contributed by atoms with van der Waals surface area (Å²) in [6.07, 6.45) is 4.70. The fraction of sp³-hybridized carbons (Fsp3) is 0.423. The van der Waals surface area contributed by atoms with Crippen molar-refractivity contribution < 1.29 is 27.1 Å². The number of ether oxygens (including phenoxy) is 2. The van der Waals surface area contributed by atoms with Crippen molar-refractivity contribution in [3.8, 4) is 11.1 Å². The number of carbonyl (C=O) groups is 1. The van der Waals surface area contributed by atoms with Crippen LogP contribution in [0, 0.1) is 5.82 Å². The molecule has 2 fully saturated rings. The molecule has 1 aliphatic heterocycles. The van der Waals surface area contributed by atoms with E-state index < -0.39 is 27.3 Å². The van der Waals surface area contributed by atoms with Gasteiger partial charge in [0.2, 0.25) is 5.91 Å². The Hall–Kier alpha value is -3.15. The van der Waals surface area contributed by atoms with E-state index in [4.69, 9.17) is 9.47 Å². The number of pyridine rings is 1. The van der Waals surface area contributed by atoms with E-state index in [9.17, 15) is 17.6 Å². The van der Waals surface area contributed by atoms with Crippen molar-refractivity contribution in [1.82, 2.24) is 19.5 Å². The molecule has 1 aliphatic carbocycles. The molecule has 0 radical (unpaired) electrons. The third-order valence-corrected chi connectivity index (χ3v) is 8.09. The van der Waals surface area contributed by atoms with Crippen molar-refractivity contribution in [2.24, 2.45) is 0 Å². The zero-order valence-corrected chi connectivity index (χ0v) is 21.7. The minimum atomic E-state index is -4.27. The summed E-state index contributed by atoms with van der Waals surface area (Å²) in [6.45, 7) is 4.38. The Kier molecular flexibility index (Phi) is 6.63. The molecule has 9 nitrogen and oxygen atoms in total.